The second-order valence-electron chi connectivity index (χ2n) is 3.74. The summed E-state index contributed by atoms with van der Waals surface area (Å²) < 4.78 is 4.93. The smallest absolute Gasteiger partial charge is 0.236 e. The molecule has 0 aliphatic rings. The highest BCUT2D eigenvalue weighted by molar-refractivity contribution is 5.81. The molecule has 3 N–H and O–H groups in total. The van der Waals surface area contributed by atoms with E-state index in [1.165, 1.54) is 0 Å². The third-order valence-corrected chi connectivity index (χ3v) is 2.26. The molecule has 0 aromatic heterocycles. The molecule has 0 saturated carbocycles. The lowest BCUT2D eigenvalue weighted by Gasteiger charge is -2.10. The Kier molecular flexibility index (Phi) is 9.52. The van der Waals surface area contributed by atoms with Crippen molar-refractivity contribution < 1.29 is 9.53 Å². The van der Waals surface area contributed by atoms with E-state index in [4.69, 9.17) is 10.5 Å². The number of rotatable bonds is 9. The Morgan fingerprint density at radius 3 is 2.73 bits per heavy atom. The number of hydrogen-bond acceptors (Lipinski definition) is 3. The van der Waals surface area contributed by atoms with Crippen molar-refractivity contribution in [3.63, 3.8) is 0 Å². The molecule has 4 heteroatoms. The predicted octanol–water partition coefficient (Wildman–Crippen LogP) is 1.05. The van der Waals surface area contributed by atoms with Crippen molar-refractivity contribution in [3.8, 4) is 0 Å². The molecule has 0 aliphatic carbocycles. The summed E-state index contributed by atoms with van der Waals surface area (Å²) in [6.07, 6.45) is 4.83. The second kappa shape index (κ2) is 9.93. The van der Waals surface area contributed by atoms with Gasteiger partial charge in [0.1, 0.15) is 0 Å². The first-order valence-corrected chi connectivity index (χ1v) is 5.74. The van der Waals surface area contributed by atoms with Crippen LogP contribution in [0.15, 0.2) is 0 Å². The molecule has 0 heterocycles. The second-order valence-corrected chi connectivity index (χ2v) is 3.74. The molecule has 0 bridgehead atoms. The average molecular weight is 216 g/mol. The van der Waals surface area contributed by atoms with Gasteiger partial charge in [0.2, 0.25) is 5.91 Å². The average Bonchev–Trinajstić information content (AvgIpc) is 2.23. The zero-order chi connectivity index (χ0) is 11.5. The molecule has 0 rings (SSSR count). The summed E-state index contributed by atoms with van der Waals surface area (Å²) in [6, 6.07) is -0.339. The van der Waals surface area contributed by atoms with Crippen molar-refractivity contribution in [2.45, 2.75) is 45.1 Å². The Bertz CT molecular complexity index is 163. The fourth-order valence-corrected chi connectivity index (χ4v) is 1.33. The Labute approximate surface area is 92.6 Å². The Morgan fingerprint density at radius 1 is 1.40 bits per heavy atom. The maximum Gasteiger partial charge on any atom is 0.236 e. The zero-order valence-corrected chi connectivity index (χ0v) is 9.92. The van der Waals surface area contributed by atoms with Gasteiger partial charge in [-0.3, -0.25) is 4.79 Å². The summed E-state index contributed by atoms with van der Waals surface area (Å²) in [6.45, 7) is 3.54. The number of ether oxygens (including phenoxy) is 1. The van der Waals surface area contributed by atoms with Crippen molar-refractivity contribution in [1.29, 1.82) is 0 Å². The van der Waals surface area contributed by atoms with Gasteiger partial charge in [-0.25, -0.2) is 0 Å². The van der Waals surface area contributed by atoms with Gasteiger partial charge in [-0.15, -0.1) is 0 Å². The SMILES string of the molecule is CCC[C@@H](N)C(=O)NCCCCCOC. The molecule has 0 saturated heterocycles. The van der Waals surface area contributed by atoms with E-state index in [0.717, 1.165) is 45.3 Å². The highest BCUT2D eigenvalue weighted by Gasteiger charge is 2.10. The summed E-state index contributed by atoms with van der Waals surface area (Å²) in [5.74, 6) is -0.0245. The van der Waals surface area contributed by atoms with Crippen LogP contribution in [0.2, 0.25) is 0 Å². The topological polar surface area (TPSA) is 64.4 Å². The van der Waals surface area contributed by atoms with Crippen molar-refractivity contribution >= 4 is 5.91 Å². The van der Waals surface area contributed by atoms with Gasteiger partial charge in [-0.05, 0) is 25.7 Å². The van der Waals surface area contributed by atoms with Gasteiger partial charge in [0.05, 0.1) is 6.04 Å². The molecule has 1 amide bonds. The lowest BCUT2D eigenvalue weighted by molar-refractivity contribution is -0.122. The Balaban J connectivity index is 3.30. The number of carbonyl (C=O) groups excluding carboxylic acids is 1. The van der Waals surface area contributed by atoms with Crippen molar-refractivity contribution in [3.05, 3.63) is 0 Å². The third kappa shape index (κ3) is 8.39. The quantitative estimate of drug-likeness (QED) is 0.566. The minimum absolute atomic E-state index is 0.0245. The number of hydrogen-bond donors (Lipinski definition) is 2. The molecule has 1 atom stereocenters. The van der Waals surface area contributed by atoms with Gasteiger partial charge in [0, 0.05) is 20.3 Å². The van der Waals surface area contributed by atoms with Gasteiger partial charge in [-0.1, -0.05) is 13.3 Å². The standard InChI is InChI=1S/C11H24N2O2/c1-3-7-10(12)11(14)13-8-5-4-6-9-15-2/h10H,3-9,12H2,1-2H3,(H,13,14)/t10-/m1/s1. The first-order valence-electron chi connectivity index (χ1n) is 5.74. The third-order valence-electron chi connectivity index (χ3n) is 2.26. The summed E-state index contributed by atoms with van der Waals surface area (Å²) in [4.78, 5) is 11.4. The molecule has 4 nitrogen and oxygen atoms in total. The summed E-state index contributed by atoms with van der Waals surface area (Å²) in [7, 11) is 1.70. The highest BCUT2D eigenvalue weighted by Crippen LogP contribution is 1.96. The maximum atomic E-state index is 11.4. The van der Waals surface area contributed by atoms with E-state index in [0.29, 0.717) is 0 Å². The van der Waals surface area contributed by atoms with E-state index in [9.17, 15) is 4.79 Å². The van der Waals surface area contributed by atoms with E-state index in [-0.39, 0.29) is 11.9 Å². The van der Waals surface area contributed by atoms with E-state index in [2.05, 4.69) is 5.32 Å². The Morgan fingerprint density at radius 2 is 2.13 bits per heavy atom. The highest BCUT2D eigenvalue weighted by atomic mass is 16.5. The zero-order valence-electron chi connectivity index (χ0n) is 9.92. The van der Waals surface area contributed by atoms with Gasteiger partial charge >= 0.3 is 0 Å². The molecule has 0 spiro atoms. The fourth-order valence-electron chi connectivity index (χ4n) is 1.33. The molecule has 15 heavy (non-hydrogen) atoms. The van der Waals surface area contributed by atoms with Crippen LogP contribution in [0, 0.1) is 0 Å². The lowest BCUT2D eigenvalue weighted by Crippen LogP contribution is -2.40. The van der Waals surface area contributed by atoms with Gasteiger partial charge in [0.25, 0.3) is 0 Å². The van der Waals surface area contributed by atoms with Crippen molar-refractivity contribution in [2.24, 2.45) is 5.73 Å². The van der Waals surface area contributed by atoms with Gasteiger partial charge in [0.15, 0.2) is 0 Å². The molecule has 90 valence electrons. The normalized spacial score (nSPS) is 12.5. The molecule has 0 aliphatic heterocycles. The van der Waals surface area contributed by atoms with Crippen LogP contribution in [0.3, 0.4) is 0 Å². The van der Waals surface area contributed by atoms with Crippen LogP contribution in [0.5, 0.6) is 0 Å². The van der Waals surface area contributed by atoms with Crippen LogP contribution in [-0.2, 0) is 9.53 Å². The van der Waals surface area contributed by atoms with E-state index in [1.54, 1.807) is 7.11 Å². The van der Waals surface area contributed by atoms with Crippen LogP contribution < -0.4 is 11.1 Å². The number of nitrogens with one attached hydrogen (secondary N) is 1. The van der Waals surface area contributed by atoms with Gasteiger partial charge < -0.3 is 15.8 Å². The maximum absolute atomic E-state index is 11.4. The predicted molar refractivity (Wildman–Crippen MR) is 61.6 cm³/mol. The molecular weight excluding hydrogens is 192 g/mol. The molecule has 0 fully saturated rings. The summed E-state index contributed by atoms with van der Waals surface area (Å²) in [5.41, 5.74) is 5.66. The van der Waals surface area contributed by atoms with Crippen LogP contribution in [0.4, 0.5) is 0 Å². The van der Waals surface area contributed by atoms with E-state index in [1.807, 2.05) is 6.92 Å². The fraction of sp³-hybridized carbons (Fsp3) is 0.909. The Hall–Kier alpha value is -0.610. The first-order chi connectivity index (χ1) is 7.22. The minimum atomic E-state index is -0.339. The summed E-state index contributed by atoms with van der Waals surface area (Å²) in [5, 5.41) is 2.84. The summed E-state index contributed by atoms with van der Waals surface area (Å²) >= 11 is 0. The number of methoxy groups -OCH3 is 1. The number of nitrogens with two attached hydrogens (primary N) is 1. The number of carbonyl (C=O) groups is 1. The van der Waals surface area contributed by atoms with Crippen LogP contribution >= 0.6 is 0 Å². The van der Waals surface area contributed by atoms with Crippen LogP contribution in [-0.4, -0.2) is 32.2 Å². The number of amides is 1. The van der Waals surface area contributed by atoms with E-state index >= 15 is 0 Å². The van der Waals surface area contributed by atoms with Crippen molar-refractivity contribution in [1.82, 2.24) is 5.32 Å². The molecule has 0 aromatic carbocycles. The van der Waals surface area contributed by atoms with Gasteiger partial charge in [-0.2, -0.15) is 0 Å². The van der Waals surface area contributed by atoms with Crippen molar-refractivity contribution in [2.75, 3.05) is 20.3 Å². The van der Waals surface area contributed by atoms with E-state index < -0.39 is 0 Å². The monoisotopic (exact) mass is 216 g/mol. The largest absolute Gasteiger partial charge is 0.385 e. The molecular formula is C11H24N2O2. The van der Waals surface area contributed by atoms with Crippen LogP contribution in [0.25, 0.3) is 0 Å². The first kappa shape index (κ1) is 14.4. The minimum Gasteiger partial charge on any atom is -0.385 e. The molecule has 0 aromatic rings. The lowest BCUT2D eigenvalue weighted by atomic mass is 10.1. The van der Waals surface area contributed by atoms with Crippen LogP contribution in [0.1, 0.15) is 39.0 Å². The number of unbranched alkanes of at least 4 members (excludes halogenated alkanes) is 2. The molecule has 0 unspecified atom stereocenters. The molecule has 0 radical (unpaired) electrons.